The number of hydrogen-bond donors (Lipinski definition) is 1. The third-order valence-electron chi connectivity index (χ3n) is 2.18. The summed E-state index contributed by atoms with van der Waals surface area (Å²) in [6.45, 7) is 4.11. The highest BCUT2D eigenvalue weighted by Gasteiger charge is 2.10. The molecular weight excluding hydrogens is 226 g/mol. The summed E-state index contributed by atoms with van der Waals surface area (Å²) in [5.41, 5.74) is 6.77. The largest absolute Gasteiger partial charge is 0.384 e. The topological polar surface area (TPSA) is 69.6 Å². The van der Waals surface area contributed by atoms with Crippen molar-refractivity contribution < 1.29 is 0 Å². The zero-order valence-corrected chi connectivity index (χ0v) is 9.81. The normalized spacial score (nSPS) is 11.0. The van der Waals surface area contributed by atoms with Gasteiger partial charge in [0.25, 0.3) is 0 Å². The summed E-state index contributed by atoms with van der Waals surface area (Å²) < 4.78 is 1.55. The number of anilines is 1. The first-order chi connectivity index (χ1) is 7.58. The molecule has 84 valence electrons. The Hall–Kier alpha value is -1.62. The Kier molecular flexibility index (Phi) is 2.78. The molecule has 0 saturated heterocycles. The van der Waals surface area contributed by atoms with Gasteiger partial charge in [0, 0.05) is 6.07 Å². The Morgan fingerprint density at radius 2 is 2.06 bits per heavy atom. The van der Waals surface area contributed by atoms with Crippen LogP contribution in [-0.2, 0) is 0 Å². The molecule has 0 saturated carbocycles. The fraction of sp³-hybridized carbons (Fsp3) is 0.300. The standard InChI is InChI=1S/C10H12ClN5/c1-6(2)7-5-9(12)16(15-7)10-4-3-8(11)13-14-10/h3-6H,12H2,1-2H3. The van der Waals surface area contributed by atoms with Crippen LogP contribution in [-0.4, -0.2) is 20.0 Å². The van der Waals surface area contributed by atoms with Crippen LogP contribution in [0.2, 0.25) is 5.15 Å². The maximum absolute atomic E-state index is 5.85. The lowest BCUT2D eigenvalue weighted by atomic mass is 10.1. The summed E-state index contributed by atoms with van der Waals surface area (Å²) in [6, 6.07) is 5.21. The summed E-state index contributed by atoms with van der Waals surface area (Å²) in [6.07, 6.45) is 0. The van der Waals surface area contributed by atoms with Crippen LogP contribution in [0.1, 0.15) is 25.5 Å². The molecule has 0 fully saturated rings. The minimum absolute atomic E-state index is 0.323. The number of nitrogens with zero attached hydrogens (tertiary/aromatic N) is 4. The van der Waals surface area contributed by atoms with Crippen LogP contribution >= 0.6 is 11.6 Å². The highest BCUT2D eigenvalue weighted by atomic mass is 35.5. The first-order valence-corrected chi connectivity index (χ1v) is 5.31. The van der Waals surface area contributed by atoms with Crippen molar-refractivity contribution in [1.29, 1.82) is 0 Å². The van der Waals surface area contributed by atoms with Crippen molar-refractivity contribution in [2.24, 2.45) is 0 Å². The van der Waals surface area contributed by atoms with Crippen molar-refractivity contribution in [2.45, 2.75) is 19.8 Å². The second kappa shape index (κ2) is 4.09. The van der Waals surface area contributed by atoms with Crippen molar-refractivity contribution in [3.8, 4) is 5.82 Å². The molecule has 0 unspecified atom stereocenters. The van der Waals surface area contributed by atoms with E-state index >= 15 is 0 Å². The summed E-state index contributed by atoms with van der Waals surface area (Å²) in [7, 11) is 0. The van der Waals surface area contributed by atoms with E-state index < -0.39 is 0 Å². The highest BCUT2D eigenvalue weighted by molar-refractivity contribution is 6.29. The molecule has 0 aromatic carbocycles. The number of nitrogen functional groups attached to an aromatic ring is 1. The van der Waals surface area contributed by atoms with Gasteiger partial charge in [-0.1, -0.05) is 25.4 Å². The van der Waals surface area contributed by atoms with Crippen molar-refractivity contribution >= 4 is 17.4 Å². The predicted octanol–water partition coefficient (Wildman–Crippen LogP) is 2.02. The number of aromatic nitrogens is 4. The van der Waals surface area contributed by atoms with Crippen LogP contribution < -0.4 is 5.73 Å². The summed E-state index contributed by atoms with van der Waals surface area (Å²) >= 11 is 5.66. The van der Waals surface area contributed by atoms with Crippen LogP contribution in [0.15, 0.2) is 18.2 Å². The van der Waals surface area contributed by atoms with E-state index in [0.29, 0.717) is 22.7 Å². The van der Waals surface area contributed by atoms with E-state index in [1.807, 2.05) is 6.07 Å². The predicted molar refractivity (Wildman–Crippen MR) is 62.7 cm³/mol. The first kappa shape index (κ1) is 10.9. The van der Waals surface area contributed by atoms with Crippen molar-refractivity contribution in [3.05, 3.63) is 29.0 Å². The van der Waals surface area contributed by atoms with E-state index in [4.69, 9.17) is 17.3 Å². The van der Waals surface area contributed by atoms with E-state index in [9.17, 15) is 0 Å². The van der Waals surface area contributed by atoms with Gasteiger partial charge in [0.1, 0.15) is 5.82 Å². The minimum atomic E-state index is 0.323. The number of hydrogen-bond acceptors (Lipinski definition) is 4. The monoisotopic (exact) mass is 237 g/mol. The quantitative estimate of drug-likeness (QED) is 0.868. The lowest BCUT2D eigenvalue weighted by Crippen LogP contribution is -2.05. The van der Waals surface area contributed by atoms with Gasteiger partial charge in [0.15, 0.2) is 11.0 Å². The van der Waals surface area contributed by atoms with E-state index in [0.717, 1.165) is 5.69 Å². The summed E-state index contributed by atoms with van der Waals surface area (Å²) in [5.74, 6) is 1.43. The highest BCUT2D eigenvalue weighted by Crippen LogP contribution is 2.18. The van der Waals surface area contributed by atoms with E-state index in [2.05, 4.69) is 29.1 Å². The third-order valence-corrected chi connectivity index (χ3v) is 2.38. The van der Waals surface area contributed by atoms with E-state index in [1.54, 1.807) is 16.8 Å². The summed E-state index contributed by atoms with van der Waals surface area (Å²) in [5, 5.41) is 12.4. The van der Waals surface area contributed by atoms with Gasteiger partial charge in [0.2, 0.25) is 0 Å². The van der Waals surface area contributed by atoms with Gasteiger partial charge in [-0.2, -0.15) is 9.78 Å². The zero-order chi connectivity index (χ0) is 11.7. The number of rotatable bonds is 2. The Morgan fingerprint density at radius 3 is 2.56 bits per heavy atom. The molecule has 0 atom stereocenters. The molecule has 2 heterocycles. The van der Waals surface area contributed by atoms with Gasteiger partial charge in [0.05, 0.1) is 5.69 Å². The van der Waals surface area contributed by atoms with Gasteiger partial charge in [-0.3, -0.25) is 0 Å². The lowest BCUT2D eigenvalue weighted by molar-refractivity contribution is 0.751. The number of halogens is 1. The molecule has 16 heavy (non-hydrogen) atoms. The second-order valence-electron chi connectivity index (χ2n) is 3.77. The minimum Gasteiger partial charge on any atom is -0.384 e. The van der Waals surface area contributed by atoms with Gasteiger partial charge in [-0.25, -0.2) is 0 Å². The Morgan fingerprint density at radius 1 is 1.31 bits per heavy atom. The molecule has 0 aliphatic rings. The molecule has 0 spiro atoms. The molecule has 2 aromatic rings. The van der Waals surface area contributed by atoms with Gasteiger partial charge < -0.3 is 5.73 Å². The molecule has 0 bridgehead atoms. The second-order valence-corrected chi connectivity index (χ2v) is 4.16. The Bertz CT molecular complexity index is 488. The lowest BCUT2D eigenvalue weighted by Gasteiger charge is -2.01. The Labute approximate surface area is 98.2 Å². The molecule has 2 rings (SSSR count). The maximum atomic E-state index is 5.85. The van der Waals surface area contributed by atoms with Crippen LogP contribution in [0.4, 0.5) is 5.82 Å². The smallest absolute Gasteiger partial charge is 0.178 e. The molecule has 0 amide bonds. The first-order valence-electron chi connectivity index (χ1n) is 4.93. The fourth-order valence-electron chi connectivity index (χ4n) is 1.30. The molecule has 2 N–H and O–H groups in total. The van der Waals surface area contributed by atoms with Gasteiger partial charge in [-0.05, 0) is 18.1 Å². The molecule has 2 aromatic heterocycles. The van der Waals surface area contributed by atoms with Gasteiger partial charge >= 0.3 is 0 Å². The molecule has 0 radical (unpaired) electrons. The van der Waals surface area contributed by atoms with Crippen LogP contribution in [0.5, 0.6) is 0 Å². The summed E-state index contributed by atoms with van der Waals surface area (Å²) in [4.78, 5) is 0. The SMILES string of the molecule is CC(C)c1cc(N)n(-c2ccc(Cl)nn2)n1. The van der Waals surface area contributed by atoms with E-state index in [-0.39, 0.29) is 0 Å². The van der Waals surface area contributed by atoms with Crippen LogP contribution in [0.25, 0.3) is 5.82 Å². The molecule has 0 aliphatic heterocycles. The van der Waals surface area contributed by atoms with E-state index in [1.165, 1.54) is 0 Å². The molecular formula is C10H12ClN5. The molecule has 6 heteroatoms. The van der Waals surface area contributed by atoms with Crippen molar-refractivity contribution in [3.63, 3.8) is 0 Å². The van der Waals surface area contributed by atoms with Crippen molar-refractivity contribution in [2.75, 3.05) is 5.73 Å². The van der Waals surface area contributed by atoms with Crippen LogP contribution in [0, 0.1) is 0 Å². The number of nitrogens with two attached hydrogens (primary N) is 1. The Balaban J connectivity index is 2.44. The average Bonchev–Trinajstić information content (AvgIpc) is 2.62. The van der Waals surface area contributed by atoms with Crippen LogP contribution in [0.3, 0.4) is 0 Å². The fourth-order valence-corrected chi connectivity index (χ4v) is 1.40. The van der Waals surface area contributed by atoms with Gasteiger partial charge in [-0.15, -0.1) is 10.2 Å². The molecule has 5 nitrogen and oxygen atoms in total. The van der Waals surface area contributed by atoms with Crippen molar-refractivity contribution in [1.82, 2.24) is 20.0 Å². The maximum Gasteiger partial charge on any atom is 0.178 e. The molecule has 0 aliphatic carbocycles. The third kappa shape index (κ3) is 1.99. The average molecular weight is 238 g/mol. The zero-order valence-electron chi connectivity index (χ0n) is 9.05.